The quantitative estimate of drug-likeness (QED) is 0.900. The minimum atomic E-state index is -3.63. The maximum atomic E-state index is 13.5. The van der Waals surface area contributed by atoms with Crippen molar-refractivity contribution in [1.29, 1.82) is 0 Å². The number of hydrogen-bond acceptors (Lipinski definition) is 3. The Morgan fingerprint density at radius 1 is 1.50 bits per heavy atom. The minimum Gasteiger partial charge on any atom is -0.329 e. The van der Waals surface area contributed by atoms with Crippen LogP contribution in [0.1, 0.15) is 18.4 Å². The molecule has 1 aromatic rings. The highest BCUT2D eigenvalue weighted by Gasteiger charge is 2.34. The van der Waals surface area contributed by atoms with E-state index in [2.05, 4.69) is 0 Å². The molecule has 2 rings (SSSR count). The highest BCUT2D eigenvalue weighted by molar-refractivity contribution is 7.89. The molecule has 1 heterocycles. The van der Waals surface area contributed by atoms with Gasteiger partial charge < -0.3 is 5.73 Å². The number of nitrogens with zero attached hydrogens (tertiary/aromatic N) is 1. The van der Waals surface area contributed by atoms with Gasteiger partial charge in [0, 0.05) is 19.1 Å². The van der Waals surface area contributed by atoms with Crippen molar-refractivity contribution in [1.82, 2.24) is 4.31 Å². The van der Waals surface area contributed by atoms with Crippen LogP contribution in [0.15, 0.2) is 23.1 Å². The lowest BCUT2D eigenvalue weighted by molar-refractivity contribution is 0.392. The average molecular weight is 272 g/mol. The molecule has 4 nitrogen and oxygen atoms in total. The summed E-state index contributed by atoms with van der Waals surface area (Å²) in [7, 11) is -3.63. The van der Waals surface area contributed by atoms with Crippen LogP contribution in [-0.2, 0) is 10.0 Å². The van der Waals surface area contributed by atoms with Crippen LogP contribution in [0.4, 0.5) is 4.39 Å². The van der Waals surface area contributed by atoms with Crippen molar-refractivity contribution in [2.45, 2.75) is 30.7 Å². The molecule has 0 aliphatic carbocycles. The van der Waals surface area contributed by atoms with Gasteiger partial charge in [-0.2, -0.15) is 4.31 Å². The Kier molecular flexibility index (Phi) is 3.70. The number of rotatable bonds is 3. The molecule has 0 radical (unpaired) electrons. The van der Waals surface area contributed by atoms with Gasteiger partial charge in [-0.1, -0.05) is 6.07 Å². The van der Waals surface area contributed by atoms with Crippen LogP contribution in [0.3, 0.4) is 0 Å². The summed E-state index contributed by atoms with van der Waals surface area (Å²) in [6.07, 6.45) is 1.57. The first-order valence-electron chi connectivity index (χ1n) is 5.95. The molecular formula is C12H17FN2O2S. The zero-order chi connectivity index (χ0) is 13.3. The van der Waals surface area contributed by atoms with Crippen LogP contribution in [-0.4, -0.2) is 31.9 Å². The van der Waals surface area contributed by atoms with Gasteiger partial charge >= 0.3 is 0 Å². The largest absolute Gasteiger partial charge is 0.329 e. The Labute approximate surface area is 107 Å². The summed E-state index contributed by atoms with van der Waals surface area (Å²) in [4.78, 5) is 0.00551. The van der Waals surface area contributed by atoms with Gasteiger partial charge in [-0.05, 0) is 37.5 Å². The van der Waals surface area contributed by atoms with Crippen LogP contribution in [0.5, 0.6) is 0 Å². The molecule has 0 amide bonds. The SMILES string of the molecule is Cc1ccc(S(=O)(=O)N2CCCC2CN)cc1F. The summed E-state index contributed by atoms with van der Waals surface area (Å²) in [5, 5.41) is 0. The molecular weight excluding hydrogens is 255 g/mol. The highest BCUT2D eigenvalue weighted by Crippen LogP contribution is 2.26. The van der Waals surface area contributed by atoms with Gasteiger partial charge in [0.15, 0.2) is 0 Å². The van der Waals surface area contributed by atoms with Crippen molar-refractivity contribution in [2.24, 2.45) is 5.73 Å². The van der Waals surface area contributed by atoms with E-state index in [9.17, 15) is 12.8 Å². The van der Waals surface area contributed by atoms with Gasteiger partial charge in [0.25, 0.3) is 0 Å². The van der Waals surface area contributed by atoms with Crippen LogP contribution in [0, 0.1) is 12.7 Å². The first-order valence-corrected chi connectivity index (χ1v) is 7.39. The van der Waals surface area contributed by atoms with Gasteiger partial charge in [-0.25, -0.2) is 12.8 Å². The van der Waals surface area contributed by atoms with E-state index < -0.39 is 15.8 Å². The normalized spacial score (nSPS) is 21.4. The standard InChI is InChI=1S/C12H17FN2O2S/c1-9-4-5-11(7-12(9)13)18(16,17)15-6-2-3-10(15)8-14/h4-5,7,10H,2-3,6,8,14H2,1H3. The summed E-state index contributed by atoms with van der Waals surface area (Å²) in [6.45, 7) is 2.36. The molecule has 2 N–H and O–H groups in total. The van der Waals surface area contributed by atoms with E-state index in [1.54, 1.807) is 6.92 Å². The van der Waals surface area contributed by atoms with Gasteiger partial charge in [-0.3, -0.25) is 0 Å². The van der Waals surface area contributed by atoms with E-state index in [0.29, 0.717) is 18.7 Å². The predicted molar refractivity (Wildman–Crippen MR) is 67.1 cm³/mol. The lowest BCUT2D eigenvalue weighted by Crippen LogP contribution is -2.39. The van der Waals surface area contributed by atoms with Crippen molar-refractivity contribution < 1.29 is 12.8 Å². The molecule has 1 saturated heterocycles. The summed E-state index contributed by atoms with van der Waals surface area (Å²) < 4.78 is 39.6. The fourth-order valence-electron chi connectivity index (χ4n) is 2.23. The number of hydrogen-bond donors (Lipinski definition) is 1. The molecule has 0 aromatic heterocycles. The molecule has 1 atom stereocenters. The third-order valence-electron chi connectivity index (χ3n) is 3.35. The van der Waals surface area contributed by atoms with Gasteiger partial charge in [0.05, 0.1) is 4.90 Å². The van der Waals surface area contributed by atoms with E-state index >= 15 is 0 Å². The average Bonchev–Trinajstić information content (AvgIpc) is 2.81. The van der Waals surface area contributed by atoms with E-state index in [0.717, 1.165) is 18.9 Å². The third-order valence-corrected chi connectivity index (χ3v) is 5.29. The molecule has 0 saturated carbocycles. The second kappa shape index (κ2) is 4.95. The molecule has 1 unspecified atom stereocenters. The summed E-state index contributed by atoms with van der Waals surface area (Å²) in [6, 6.07) is 3.84. The lowest BCUT2D eigenvalue weighted by Gasteiger charge is -2.22. The second-order valence-corrected chi connectivity index (χ2v) is 6.45. The Morgan fingerprint density at radius 2 is 2.22 bits per heavy atom. The maximum Gasteiger partial charge on any atom is 0.243 e. The van der Waals surface area contributed by atoms with E-state index in [1.807, 2.05) is 0 Å². The molecule has 1 fully saturated rings. The smallest absolute Gasteiger partial charge is 0.243 e. The third kappa shape index (κ3) is 2.28. The van der Waals surface area contributed by atoms with Crippen LogP contribution < -0.4 is 5.73 Å². The highest BCUT2D eigenvalue weighted by atomic mass is 32.2. The topological polar surface area (TPSA) is 63.4 Å². The van der Waals surface area contributed by atoms with Gasteiger partial charge in [-0.15, -0.1) is 0 Å². The van der Waals surface area contributed by atoms with Crippen LogP contribution in [0.25, 0.3) is 0 Å². The Balaban J connectivity index is 2.38. The van der Waals surface area contributed by atoms with Crippen molar-refractivity contribution in [3.05, 3.63) is 29.6 Å². The molecule has 18 heavy (non-hydrogen) atoms. The molecule has 0 bridgehead atoms. The van der Waals surface area contributed by atoms with Gasteiger partial charge in [0.2, 0.25) is 10.0 Å². The minimum absolute atomic E-state index is 0.00551. The number of nitrogens with two attached hydrogens (primary N) is 1. The van der Waals surface area contributed by atoms with Crippen molar-refractivity contribution in [3.8, 4) is 0 Å². The Bertz CT molecular complexity index is 545. The summed E-state index contributed by atoms with van der Waals surface area (Å²) >= 11 is 0. The fourth-order valence-corrected chi connectivity index (χ4v) is 3.95. The molecule has 1 aromatic carbocycles. The molecule has 100 valence electrons. The van der Waals surface area contributed by atoms with Crippen molar-refractivity contribution in [2.75, 3.05) is 13.1 Å². The van der Waals surface area contributed by atoms with Crippen LogP contribution in [0.2, 0.25) is 0 Å². The molecule has 6 heteroatoms. The van der Waals surface area contributed by atoms with Gasteiger partial charge in [0.1, 0.15) is 5.82 Å². The van der Waals surface area contributed by atoms with E-state index in [4.69, 9.17) is 5.73 Å². The molecule has 1 aliphatic heterocycles. The Hall–Kier alpha value is -0.980. The first-order chi connectivity index (χ1) is 8.46. The zero-order valence-electron chi connectivity index (χ0n) is 10.3. The first kappa shape index (κ1) is 13.5. The number of benzene rings is 1. The Morgan fingerprint density at radius 3 is 2.83 bits per heavy atom. The van der Waals surface area contributed by atoms with Crippen LogP contribution >= 0.6 is 0 Å². The fraction of sp³-hybridized carbons (Fsp3) is 0.500. The van der Waals surface area contributed by atoms with Crippen molar-refractivity contribution in [3.63, 3.8) is 0 Å². The lowest BCUT2D eigenvalue weighted by atomic mass is 10.2. The van der Waals surface area contributed by atoms with E-state index in [-0.39, 0.29) is 10.9 Å². The molecule has 0 spiro atoms. The van der Waals surface area contributed by atoms with E-state index in [1.165, 1.54) is 16.4 Å². The second-order valence-electron chi connectivity index (χ2n) is 4.56. The monoisotopic (exact) mass is 272 g/mol. The zero-order valence-corrected chi connectivity index (χ0v) is 11.1. The molecule has 1 aliphatic rings. The number of aryl methyl sites for hydroxylation is 1. The summed E-state index contributed by atoms with van der Waals surface area (Å²) in [5.74, 6) is -0.500. The predicted octanol–water partition coefficient (Wildman–Crippen LogP) is 1.25. The summed E-state index contributed by atoms with van der Waals surface area (Å²) in [5.41, 5.74) is 6.01. The maximum absolute atomic E-state index is 13.5. The number of sulfonamides is 1. The number of halogens is 1. The van der Waals surface area contributed by atoms with Crippen molar-refractivity contribution >= 4 is 10.0 Å².